The zero-order chi connectivity index (χ0) is 18.2. The van der Waals surface area contributed by atoms with Gasteiger partial charge in [-0.15, -0.1) is 0 Å². The summed E-state index contributed by atoms with van der Waals surface area (Å²) in [6.45, 7) is 9.27. The molecule has 2 aromatic heterocycles. The van der Waals surface area contributed by atoms with Crippen LogP contribution in [0.2, 0.25) is 0 Å². The monoisotopic (exact) mass is 345 g/mol. The molecule has 2 aromatic rings. The highest BCUT2D eigenvalue weighted by Crippen LogP contribution is 2.15. The smallest absolute Gasteiger partial charge is 0.252 e. The van der Waals surface area contributed by atoms with E-state index in [1.165, 1.54) is 32.0 Å². The number of nitrogens with one attached hydrogen (secondary N) is 1. The standard InChI is InChI=1S/C19H31N5O/c1-14(2)9-7-5-6-8-12-20-18(25)11-10-17-15(3)23-19-21-13-22-24(19)16(17)4/h13-14H,5-12H2,1-4H3,(H,20,25). The SMILES string of the molecule is Cc1nc2ncnn2c(C)c1CCC(=O)NCCCCCCC(C)C. The Morgan fingerprint density at radius 1 is 1.20 bits per heavy atom. The van der Waals surface area contributed by atoms with Crippen LogP contribution < -0.4 is 5.32 Å². The second-order valence-corrected chi connectivity index (χ2v) is 7.18. The van der Waals surface area contributed by atoms with Crippen molar-refractivity contribution in [1.29, 1.82) is 0 Å². The van der Waals surface area contributed by atoms with Crippen molar-refractivity contribution in [1.82, 2.24) is 24.9 Å². The van der Waals surface area contributed by atoms with Gasteiger partial charge in [0.1, 0.15) is 6.33 Å². The maximum absolute atomic E-state index is 12.1. The normalized spacial score (nSPS) is 11.4. The highest BCUT2D eigenvalue weighted by atomic mass is 16.1. The molecule has 0 radical (unpaired) electrons. The van der Waals surface area contributed by atoms with Crippen LogP contribution >= 0.6 is 0 Å². The van der Waals surface area contributed by atoms with Gasteiger partial charge in [-0.2, -0.15) is 10.1 Å². The van der Waals surface area contributed by atoms with E-state index in [4.69, 9.17) is 0 Å². The molecule has 0 aromatic carbocycles. The molecule has 2 heterocycles. The lowest BCUT2D eigenvalue weighted by Crippen LogP contribution is -2.25. The highest BCUT2D eigenvalue weighted by molar-refractivity contribution is 5.76. The Morgan fingerprint density at radius 3 is 2.72 bits per heavy atom. The molecule has 25 heavy (non-hydrogen) atoms. The molecule has 1 amide bonds. The Bertz CT molecular complexity index is 692. The van der Waals surface area contributed by atoms with Crippen LogP contribution in [0.25, 0.3) is 5.78 Å². The van der Waals surface area contributed by atoms with Gasteiger partial charge in [0.2, 0.25) is 5.91 Å². The van der Waals surface area contributed by atoms with Gasteiger partial charge in [0.05, 0.1) is 0 Å². The third kappa shape index (κ3) is 5.80. The van der Waals surface area contributed by atoms with Crippen LogP contribution in [0.5, 0.6) is 0 Å². The predicted molar refractivity (Wildman–Crippen MR) is 99.5 cm³/mol. The minimum Gasteiger partial charge on any atom is -0.356 e. The molecule has 0 bridgehead atoms. The maximum Gasteiger partial charge on any atom is 0.252 e. The van der Waals surface area contributed by atoms with E-state index in [-0.39, 0.29) is 5.91 Å². The number of hydrogen-bond donors (Lipinski definition) is 1. The van der Waals surface area contributed by atoms with Gasteiger partial charge in [0.25, 0.3) is 5.78 Å². The molecule has 0 saturated carbocycles. The van der Waals surface area contributed by atoms with Crippen molar-refractivity contribution in [2.24, 2.45) is 5.92 Å². The molecular weight excluding hydrogens is 314 g/mol. The van der Waals surface area contributed by atoms with Crippen molar-refractivity contribution in [2.45, 2.75) is 72.6 Å². The van der Waals surface area contributed by atoms with Gasteiger partial charge in [-0.05, 0) is 38.2 Å². The van der Waals surface area contributed by atoms with Crippen molar-refractivity contribution in [2.75, 3.05) is 6.54 Å². The van der Waals surface area contributed by atoms with Crippen molar-refractivity contribution in [3.8, 4) is 0 Å². The van der Waals surface area contributed by atoms with Gasteiger partial charge < -0.3 is 5.32 Å². The van der Waals surface area contributed by atoms with Gasteiger partial charge in [-0.3, -0.25) is 4.79 Å². The molecule has 0 aliphatic carbocycles. The molecule has 6 nitrogen and oxygen atoms in total. The first-order valence-corrected chi connectivity index (χ1v) is 9.41. The number of carbonyl (C=O) groups is 1. The largest absolute Gasteiger partial charge is 0.356 e. The topological polar surface area (TPSA) is 72.2 Å². The van der Waals surface area contributed by atoms with Crippen LogP contribution in [0.15, 0.2) is 6.33 Å². The van der Waals surface area contributed by atoms with Gasteiger partial charge in [-0.1, -0.05) is 39.5 Å². The average Bonchev–Trinajstić information content (AvgIpc) is 3.01. The second-order valence-electron chi connectivity index (χ2n) is 7.18. The van der Waals surface area contributed by atoms with Gasteiger partial charge in [0.15, 0.2) is 0 Å². The zero-order valence-electron chi connectivity index (χ0n) is 16.0. The van der Waals surface area contributed by atoms with Gasteiger partial charge in [0, 0.05) is 24.4 Å². The summed E-state index contributed by atoms with van der Waals surface area (Å²) in [6, 6.07) is 0. The van der Waals surface area contributed by atoms with E-state index in [1.54, 1.807) is 4.52 Å². The van der Waals surface area contributed by atoms with Crippen LogP contribution in [-0.2, 0) is 11.2 Å². The highest BCUT2D eigenvalue weighted by Gasteiger charge is 2.12. The first kappa shape index (κ1) is 19.3. The third-order valence-electron chi connectivity index (χ3n) is 4.62. The molecule has 1 N–H and O–H groups in total. The molecule has 0 unspecified atom stereocenters. The summed E-state index contributed by atoms with van der Waals surface area (Å²) in [4.78, 5) is 20.6. The molecule has 0 atom stereocenters. The Hall–Kier alpha value is -1.98. The number of carbonyl (C=O) groups excluding carboxylic acids is 1. The summed E-state index contributed by atoms with van der Waals surface area (Å²) in [5.41, 5.74) is 3.02. The van der Waals surface area contributed by atoms with Gasteiger partial charge >= 0.3 is 0 Å². The quantitative estimate of drug-likeness (QED) is 0.670. The molecular formula is C19H31N5O. The van der Waals surface area contributed by atoms with Crippen molar-refractivity contribution in [3.05, 3.63) is 23.3 Å². The Morgan fingerprint density at radius 2 is 1.96 bits per heavy atom. The van der Waals surface area contributed by atoms with Crippen molar-refractivity contribution >= 4 is 11.7 Å². The number of hydrogen-bond acceptors (Lipinski definition) is 4. The van der Waals surface area contributed by atoms with Gasteiger partial charge in [-0.25, -0.2) is 9.50 Å². The molecule has 0 spiro atoms. The third-order valence-corrected chi connectivity index (χ3v) is 4.62. The molecule has 6 heteroatoms. The number of rotatable bonds is 10. The molecule has 0 saturated heterocycles. The molecule has 0 aliphatic rings. The lowest BCUT2D eigenvalue weighted by Gasteiger charge is -2.10. The van der Waals surface area contributed by atoms with E-state index in [1.807, 2.05) is 13.8 Å². The van der Waals surface area contributed by atoms with E-state index in [0.29, 0.717) is 18.6 Å². The van der Waals surface area contributed by atoms with Crippen LogP contribution in [0, 0.1) is 19.8 Å². The minimum atomic E-state index is 0.111. The summed E-state index contributed by atoms with van der Waals surface area (Å²) < 4.78 is 1.73. The summed E-state index contributed by atoms with van der Waals surface area (Å²) >= 11 is 0. The number of amides is 1. The number of aromatic nitrogens is 4. The second kappa shape index (κ2) is 9.49. The van der Waals surface area contributed by atoms with Crippen LogP contribution in [0.3, 0.4) is 0 Å². The molecule has 0 fully saturated rings. The summed E-state index contributed by atoms with van der Waals surface area (Å²) in [7, 11) is 0. The lowest BCUT2D eigenvalue weighted by molar-refractivity contribution is -0.121. The Kier molecular flexibility index (Phi) is 7.34. The lowest BCUT2D eigenvalue weighted by atomic mass is 10.0. The maximum atomic E-state index is 12.1. The zero-order valence-corrected chi connectivity index (χ0v) is 16.0. The first-order chi connectivity index (χ1) is 12.0. The molecule has 0 aliphatic heterocycles. The number of fused-ring (bicyclic) bond motifs is 1. The summed E-state index contributed by atoms with van der Waals surface area (Å²) in [5.74, 6) is 1.51. The fourth-order valence-electron chi connectivity index (χ4n) is 3.10. The van der Waals surface area contributed by atoms with E-state index < -0.39 is 0 Å². The Labute approximate surface area is 150 Å². The van der Waals surface area contributed by atoms with E-state index in [2.05, 4.69) is 34.2 Å². The van der Waals surface area contributed by atoms with Crippen LogP contribution in [0.1, 0.15) is 69.3 Å². The van der Waals surface area contributed by atoms with E-state index in [0.717, 1.165) is 35.8 Å². The molecule has 2 rings (SSSR count). The number of nitrogens with zero attached hydrogens (tertiary/aromatic N) is 4. The van der Waals surface area contributed by atoms with Crippen molar-refractivity contribution < 1.29 is 4.79 Å². The summed E-state index contributed by atoms with van der Waals surface area (Å²) in [6.07, 6.45) is 8.78. The predicted octanol–water partition coefficient (Wildman–Crippen LogP) is 3.40. The number of aryl methyl sites for hydroxylation is 2. The fraction of sp³-hybridized carbons (Fsp3) is 0.684. The summed E-state index contributed by atoms with van der Waals surface area (Å²) in [5, 5.41) is 7.22. The van der Waals surface area contributed by atoms with Crippen LogP contribution in [-0.4, -0.2) is 32.0 Å². The fourth-order valence-corrected chi connectivity index (χ4v) is 3.10. The minimum absolute atomic E-state index is 0.111. The molecule has 138 valence electrons. The van der Waals surface area contributed by atoms with E-state index in [9.17, 15) is 4.79 Å². The Balaban J connectivity index is 1.70. The first-order valence-electron chi connectivity index (χ1n) is 9.41. The number of unbranched alkanes of at least 4 members (excludes halogenated alkanes) is 3. The van der Waals surface area contributed by atoms with Crippen molar-refractivity contribution in [3.63, 3.8) is 0 Å². The van der Waals surface area contributed by atoms with Crippen LogP contribution in [0.4, 0.5) is 0 Å². The van der Waals surface area contributed by atoms with E-state index >= 15 is 0 Å². The average molecular weight is 345 g/mol.